The van der Waals surface area contributed by atoms with Crippen molar-refractivity contribution in [3.63, 3.8) is 0 Å². The molecule has 1 atom stereocenters. The Hall–Kier alpha value is -1.08. The molecule has 0 spiro atoms. The van der Waals surface area contributed by atoms with Crippen LogP contribution in [0, 0.1) is 6.92 Å². The van der Waals surface area contributed by atoms with Gasteiger partial charge in [0.25, 0.3) is 0 Å². The van der Waals surface area contributed by atoms with Crippen molar-refractivity contribution in [3.8, 4) is 0 Å². The summed E-state index contributed by atoms with van der Waals surface area (Å²) in [6.45, 7) is 6.26. The Kier molecular flexibility index (Phi) is 3.90. The van der Waals surface area contributed by atoms with Crippen molar-refractivity contribution in [1.29, 1.82) is 0 Å². The highest BCUT2D eigenvalue weighted by Crippen LogP contribution is 2.22. The SMILES string of the molecule is C/C=C(/CC(C)N)c1ccccc1C. The van der Waals surface area contributed by atoms with Crippen LogP contribution >= 0.6 is 0 Å². The summed E-state index contributed by atoms with van der Waals surface area (Å²) in [4.78, 5) is 0. The van der Waals surface area contributed by atoms with Gasteiger partial charge >= 0.3 is 0 Å². The number of hydrogen-bond acceptors (Lipinski definition) is 1. The molecule has 1 aromatic rings. The third kappa shape index (κ3) is 2.71. The van der Waals surface area contributed by atoms with E-state index < -0.39 is 0 Å². The minimum Gasteiger partial charge on any atom is -0.328 e. The Bertz CT molecular complexity index is 324. The summed E-state index contributed by atoms with van der Waals surface area (Å²) in [5.41, 5.74) is 9.81. The normalized spacial score (nSPS) is 14.1. The van der Waals surface area contributed by atoms with Crippen molar-refractivity contribution in [2.75, 3.05) is 0 Å². The van der Waals surface area contributed by atoms with Gasteiger partial charge in [0.1, 0.15) is 0 Å². The van der Waals surface area contributed by atoms with E-state index in [1.807, 2.05) is 6.92 Å². The van der Waals surface area contributed by atoms with Gasteiger partial charge in [-0.2, -0.15) is 0 Å². The average Bonchev–Trinajstić information content (AvgIpc) is 2.15. The van der Waals surface area contributed by atoms with E-state index in [9.17, 15) is 0 Å². The molecule has 1 unspecified atom stereocenters. The van der Waals surface area contributed by atoms with Crippen LogP contribution in [0.25, 0.3) is 5.57 Å². The van der Waals surface area contributed by atoms with Crippen LogP contribution in [-0.2, 0) is 0 Å². The number of rotatable bonds is 3. The molecule has 76 valence electrons. The molecule has 0 amide bonds. The van der Waals surface area contributed by atoms with Gasteiger partial charge in [0.2, 0.25) is 0 Å². The van der Waals surface area contributed by atoms with E-state index in [2.05, 4.69) is 44.2 Å². The van der Waals surface area contributed by atoms with Gasteiger partial charge in [-0.25, -0.2) is 0 Å². The lowest BCUT2D eigenvalue weighted by atomic mass is 9.96. The summed E-state index contributed by atoms with van der Waals surface area (Å²) < 4.78 is 0. The Morgan fingerprint density at radius 2 is 2.07 bits per heavy atom. The van der Waals surface area contributed by atoms with Crippen molar-refractivity contribution in [2.45, 2.75) is 33.2 Å². The molecule has 1 rings (SSSR count). The highest BCUT2D eigenvalue weighted by molar-refractivity contribution is 5.68. The number of benzene rings is 1. The summed E-state index contributed by atoms with van der Waals surface area (Å²) in [5.74, 6) is 0. The largest absolute Gasteiger partial charge is 0.328 e. The first-order valence-electron chi connectivity index (χ1n) is 5.12. The van der Waals surface area contributed by atoms with Gasteiger partial charge in [0.15, 0.2) is 0 Å². The molecule has 0 saturated carbocycles. The fourth-order valence-electron chi connectivity index (χ4n) is 1.66. The molecule has 0 saturated heterocycles. The van der Waals surface area contributed by atoms with Crippen LogP contribution in [0.1, 0.15) is 31.4 Å². The van der Waals surface area contributed by atoms with Crippen LogP contribution in [0.5, 0.6) is 0 Å². The van der Waals surface area contributed by atoms with Crippen LogP contribution in [0.3, 0.4) is 0 Å². The van der Waals surface area contributed by atoms with Crippen LogP contribution in [-0.4, -0.2) is 6.04 Å². The zero-order valence-electron chi connectivity index (χ0n) is 9.25. The van der Waals surface area contributed by atoms with E-state index >= 15 is 0 Å². The standard InChI is InChI=1S/C13H19N/c1-4-12(9-11(3)14)13-8-6-5-7-10(13)2/h4-8,11H,9,14H2,1-3H3/b12-4-. The van der Waals surface area contributed by atoms with Gasteiger partial charge in [-0.3, -0.25) is 0 Å². The van der Waals surface area contributed by atoms with Crippen LogP contribution in [0.4, 0.5) is 0 Å². The summed E-state index contributed by atoms with van der Waals surface area (Å²) in [7, 11) is 0. The Morgan fingerprint density at radius 1 is 1.43 bits per heavy atom. The van der Waals surface area contributed by atoms with Gasteiger partial charge in [0, 0.05) is 6.04 Å². The third-order valence-electron chi connectivity index (χ3n) is 2.38. The van der Waals surface area contributed by atoms with Gasteiger partial charge in [-0.05, 0) is 43.9 Å². The molecule has 0 bridgehead atoms. The van der Waals surface area contributed by atoms with Crippen molar-refractivity contribution in [2.24, 2.45) is 5.73 Å². The smallest absolute Gasteiger partial charge is 0.00510 e. The highest BCUT2D eigenvalue weighted by Gasteiger charge is 2.05. The average molecular weight is 189 g/mol. The maximum atomic E-state index is 5.82. The lowest BCUT2D eigenvalue weighted by molar-refractivity contribution is 0.766. The maximum Gasteiger partial charge on any atom is 0.00510 e. The van der Waals surface area contributed by atoms with E-state index in [-0.39, 0.29) is 6.04 Å². The van der Waals surface area contributed by atoms with Crippen molar-refractivity contribution < 1.29 is 0 Å². The van der Waals surface area contributed by atoms with Gasteiger partial charge < -0.3 is 5.73 Å². The Labute approximate surface area is 86.6 Å². The molecule has 1 nitrogen and oxygen atoms in total. The van der Waals surface area contributed by atoms with E-state index in [0.29, 0.717) is 0 Å². The molecule has 0 aromatic heterocycles. The second-order valence-electron chi connectivity index (χ2n) is 3.81. The van der Waals surface area contributed by atoms with Crippen molar-refractivity contribution in [3.05, 3.63) is 41.5 Å². The minimum atomic E-state index is 0.223. The monoisotopic (exact) mass is 189 g/mol. The molecular formula is C13H19N. The number of allylic oxidation sites excluding steroid dienone is 1. The van der Waals surface area contributed by atoms with E-state index in [1.54, 1.807) is 0 Å². The highest BCUT2D eigenvalue weighted by atomic mass is 14.6. The first-order chi connectivity index (χ1) is 6.65. The predicted octanol–water partition coefficient (Wildman–Crippen LogP) is 3.14. The quantitative estimate of drug-likeness (QED) is 0.776. The second kappa shape index (κ2) is 4.97. The summed E-state index contributed by atoms with van der Waals surface area (Å²) in [6, 6.07) is 8.67. The molecule has 0 aliphatic heterocycles. The summed E-state index contributed by atoms with van der Waals surface area (Å²) in [5, 5.41) is 0. The topological polar surface area (TPSA) is 26.0 Å². The first kappa shape index (κ1) is 11.0. The van der Waals surface area contributed by atoms with Crippen LogP contribution < -0.4 is 5.73 Å². The second-order valence-corrected chi connectivity index (χ2v) is 3.81. The zero-order valence-corrected chi connectivity index (χ0v) is 9.25. The third-order valence-corrected chi connectivity index (χ3v) is 2.38. The predicted molar refractivity (Wildman–Crippen MR) is 63.1 cm³/mol. The van der Waals surface area contributed by atoms with E-state index in [4.69, 9.17) is 5.73 Å². The van der Waals surface area contributed by atoms with Crippen molar-refractivity contribution >= 4 is 5.57 Å². The molecule has 0 heterocycles. The van der Waals surface area contributed by atoms with E-state index in [0.717, 1.165) is 6.42 Å². The number of hydrogen-bond donors (Lipinski definition) is 1. The van der Waals surface area contributed by atoms with Crippen LogP contribution in [0.2, 0.25) is 0 Å². The first-order valence-corrected chi connectivity index (χ1v) is 5.12. The van der Waals surface area contributed by atoms with Crippen LogP contribution in [0.15, 0.2) is 30.3 Å². The Balaban J connectivity index is 2.96. The molecule has 0 aliphatic carbocycles. The molecule has 14 heavy (non-hydrogen) atoms. The molecule has 1 aromatic carbocycles. The van der Waals surface area contributed by atoms with Gasteiger partial charge in [-0.1, -0.05) is 30.3 Å². The van der Waals surface area contributed by atoms with Gasteiger partial charge in [0.05, 0.1) is 0 Å². The lowest BCUT2D eigenvalue weighted by Crippen LogP contribution is -2.15. The molecule has 0 fully saturated rings. The number of aryl methyl sites for hydroxylation is 1. The molecule has 0 aliphatic rings. The maximum absolute atomic E-state index is 5.82. The zero-order chi connectivity index (χ0) is 10.6. The summed E-state index contributed by atoms with van der Waals surface area (Å²) >= 11 is 0. The summed E-state index contributed by atoms with van der Waals surface area (Å²) in [6.07, 6.45) is 3.10. The molecule has 2 N–H and O–H groups in total. The molecule has 0 radical (unpaired) electrons. The fourth-order valence-corrected chi connectivity index (χ4v) is 1.66. The van der Waals surface area contributed by atoms with Gasteiger partial charge in [-0.15, -0.1) is 0 Å². The van der Waals surface area contributed by atoms with E-state index in [1.165, 1.54) is 16.7 Å². The molecule has 1 heteroatoms. The minimum absolute atomic E-state index is 0.223. The van der Waals surface area contributed by atoms with Crippen molar-refractivity contribution in [1.82, 2.24) is 0 Å². The number of nitrogens with two attached hydrogens (primary N) is 1. The Morgan fingerprint density at radius 3 is 2.57 bits per heavy atom. The fraction of sp³-hybridized carbons (Fsp3) is 0.385. The molecular weight excluding hydrogens is 170 g/mol. The lowest BCUT2D eigenvalue weighted by Gasteiger charge is -2.12.